The van der Waals surface area contributed by atoms with Crippen molar-refractivity contribution < 1.29 is 9.90 Å². The SMILES string of the molecule is CCCCCCC(NC)C(=O)N1CCC(O)C1. The Morgan fingerprint density at radius 1 is 1.47 bits per heavy atom. The van der Waals surface area contributed by atoms with Crippen LogP contribution in [0.5, 0.6) is 0 Å². The molecule has 17 heavy (non-hydrogen) atoms. The summed E-state index contributed by atoms with van der Waals surface area (Å²) in [5, 5.41) is 12.5. The molecule has 1 fully saturated rings. The van der Waals surface area contributed by atoms with Crippen molar-refractivity contribution in [2.45, 2.75) is 57.6 Å². The number of aliphatic hydroxyl groups excluding tert-OH is 1. The molecular weight excluding hydrogens is 216 g/mol. The number of aliphatic hydroxyl groups is 1. The Hall–Kier alpha value is -0.610. The first kappa shape index (κ1) is 14.5. The number of amides is 1. The Morgan fingerprint density at radius 2 is 2.24 bits per heavy atom. The molecule has 4 heteroatoms. The van der Waals surface area contributed by atoms with Crippen molar-refractivity contribution in [3.8, 4) is 0 Å². The van der Waals surface area contributed by atoms with Gasteiger partial charge in [-0.3, -0.25) is 4.79 Å². The standard InChI is InChI=1S/C13H26N2O2/c1-3-4-5-6-7-12(14-2)13(17)15-9-8-11(16)10-15/h11-12,14,16H,3-10H2,1-2H3. The van der Waals surface area contributed by atoms with Gasteiger partial charge < -0.3 is 15.3 Å². The molecule has 4 nitrogen and oxygen atoms in total. The van der Waals surface area contributed by atoms with E-state index in [4.69, 9.17) is 0 Å². The number of hydrogen-bond donors (Lipinski definition) is 2. The highest BCUT2D eigenvalue weighted by atomic mass is 16.3. The van der Waals surface area contributed by atoms with E-state index >= 15 is 0 Å². The van der Waals surface area contributed by atoms with Crippen molar-refractivity contribution in [3.05, 3.63) is 0 Å². The summed E-state index contributed by atoms with van der Waals surface area (Å²) in [4.78, 5) is 13.9. The van der Waals surface area contributed by atoms with Gasteiger partial charge in [0.05, 0.1) is 12.1 Å². The van der Waals surface area contributed by atoms with Crippen LogP contribution in [0.25, 0.3) is 0 Å². The van der Waals surface area contributed by atoms with Gasteiger partial charge in [-0.05, 0) is 19.9 Å². The molecule has 0 saturated carbocycles. The number of hydrogen-bond acceptors (Lipinski definition) is 3. The topological polar surface area (TPSA) is 52.6 Å². The summed E-state index contributed by atoms with van der Waals surface area (Å²) >= 11 is 0. The third kappa shape index (κ3) is 4.64. The van der Waals surface area contributed by atoms with Gasteiger partial charge in [-0.1, -0.05) is 32.6 Å². The van der Waals surface area contributed by atoms with Gasteiger partial charge in [-0.2, -0.15) is 0 Å². The molecular formula is C13H26N2O2. The number of nitrogens with one attached hydrogen (secondary N) is 1. The maximum atomic E-state index is 12.1. The van der Waals surface area contributed by atoms with Crippen LogP contribution in [-0.4, -0.2) is 48.2 Å². The molecule has 0 aromatic carbocycles. The molecule has 2 N–H and O–H groups in total. The minimum absolute atomic E-state index is 0.0721. The maximum Gasteiger partial charge on any atom is 0.239 e. The normalized spacial score (nSPS) is 21.8. The molecule has 1 rings (SSSR count). The number of nitrogens with zero attached hydrogens (tertiary/aromatic N) is 1. The van der Waals surface area contributed by atoms with E-state index in [1.54, 1.807) is 4.90 Å². The summed E-state index contributed by atoms with van der Waals surface area (Å²) in [6.07, 6.45) is 6.06. The highest BCUT2D eigenvalue weighted by Crippen LogP contribution is 2.13. The second-order valence-electron chi connectivity index (χ2n) is 4.92. The summed E-state index contributed by atoms with van der Waals surface area (Å²) < 4.78 is 0. The second-order valence-corrected chi connectivity index (χ2v) is 4.92. The number of carbonyl (C=O) groups is 1. The molecule has 1 amide bonds. The lowest BCUT2D eigenvalue weighted by molar-refractivity contribution is -0.132. The fourth-order valence-corrected chi connectivity index (χ4v) is 2.33. The predicted octanol–water partition coefficient (Wildman–Crippen LogP) is 1.14. The van der Waals surface area contributed by atoms with E-state index in [-0.39, 0.29) is 18.1 Å². The van der Waals surface area contributed by atoms with E-state index in [1.165, 1.54) is 19.3 Å². The summed E-state index contributed by atoms with van der Waals surface area (Å²) in [5.74, 6) is 0.153. The van der Waals surface area contributed by atoms with Crippen LogP contribution in [0, 0.1) is 0 Å². The van der Waals surface area contributed by atoms with Gasteiger partial charge in [-0.15, -0.1) is 0 Å². The van der Waals surface area contributed by atoms with Crippen molar-refractivity contribution in [2.24, 2.45) is 0 Å². The molecule has 1 saturated heterocycles. The molecule has 2 atom stereocenters. The van der Waals surface area contributed by atoms with Gasteiger partial charge in [0.15, 0.2) is 0 Å². The molecule has 0 bridgehead atoms. The van der Waals surface area contributed by atoms with Crippen LogP contribution in [0.15, 0.2) is 0 Å². The van der Waals surface area contributed by atoms with Gasteiger partial charge in [0.1, 0.15) is 0 Å². The van der Waals surface area contributed by atoms with E-state index < -0.39 is 0 Å². The molecule has 1 aliphatic rings. The number of unbranched alkanes of at least 4 members (excludes halogenated alkanes) is 3. The predicted molar refractivity (Wildman–Crippen MR) is 68.8 cm³/mol. The Bertz CT molecular complexity index is 233. The Morgan fingerprint density at radius 3 is 2.76 bits per heavy atom. The van der Waals surface area contributed by atoms with Crippen LogP contribution in [0.2, 0.25) is 0 Å². The molecule has 1 aliphatic heterocycles. The first-order valence-electron chi connectivity index (χ1n) is 6.83. The quantitative estimate of drug-likeness (QED) is 0.658. The van der Waals surface area contributed by atoms with Crippen LogP contribution < -0.4 is 5.32 Å². The fourth-order valence-electron chi connectivity index (χ4n) is 2.33. The number of likely N-dealkylation sites (tertiary alicyclic amines) is 1. The molecule has 0 aromatic rings. The third-order valence-corrected chi connectivity index (χ3v) is 3.47. The van der Waals surface area contributed by atoms with E-state index in [9.17, 15) is 9.90 Å². The molecule has 0 radical (unpaired) electrons. The summed E-state index contributed by atoms with van der Waals surface area (Å²) in [6, 6.07) is -0.0721. The van der Waals surface area contributed by atoms with E-state index in [1.807, 2.05) is 7.05 Å². The zero-order valence-electron chi connectivity index (χ0n) is 11.1. The fraction of sp³-hybridized carbons (Fsp3) is 0.923. The van der Waals surface area contributed by atoms with Crippen molar-refractivity contribution in [1.82, 2.24) is 10.2 Å². The molecule has 2 unspecified atom stereocenters. The summed E-state index contributed by atoms with van der Waals surface area (Å²) in [7, 11) is 1.84. The Kier molecular flexibility index (Phi) is 6.52. The van der Waals surface area contributed by atoms with Crippen molar-refractivity contribution in [1.29, 1.82) is 0 Å². The van der Waals surface area contributed by atoms with Crippen molar-refractivity contribution in [2.75, 3.05) is 20.1 Å². The van der Waals surface area contributed by atoms with Gasteiger partial charge in [0.25, 0.3) is 0 Å². The highest BCUT2D eigenvalue weighted by molar-refractivity contribution is 5.82. The lowest BCUT2D eigenvalue weighted by Gasteiger charge is -2.22. The van der Waals surface area contributed by atoms with Gasteiger partial charge in [-0.25, -0.2) is 0 Å². The lowest BCUT2D eigenvalue weighted by Crippen LogP contribution is -2.44. The van der Waals surface area contributed by atoms with Gasteiger partial charge in [0.2, 0.25) is 5.91 Å². The average molecular weight is 242 g/mol. The van der Waals surface area contributed by atoms with Crippen LogP contribution in [-0.2, 0) is 4.79 Å². The molecule has 0 spiro atoms. The lowest BCUT2D eigenvalue weighted by atomic mass is 10.1. The molecule has 1 heterocycles. The van der Waals surface area contributed by atoms with E-state index in [0.717, 1.165) is 19.3 Å². The molecule has 0 aromatic heterocycles. The highest BCUT2D eigenvalue weighted by Gasteiger charge is 2.28. The van der Waals surface area contributed by atoms with E-state index in [2.05, 4.69) is 12.2 Å². The largest absolute Gasteiger partial charge is 0.391 e. The minimum atomic E-state index is -0.323. The first-order chi connectivity index (χ1) is 8.19. The number of likely N-dealkylation sites (N-methyl/N-ethyl adjacent to an activating group) is 1. The van der Waals surface area contributed by atoms with Gasteiger partial charge >= 0.3 is 0 Å². The summed E-state index contributed by atoms with van der Waals surface area (Å²) in [5.41, 5.74) is 0. The third-order valence-electron chi connectivity index (χ3n) is 3.47. The minimum Gasteiger partial charge on any atom is -0.391 e. The van der Waals surface area contributed by atoms with Crippen LogP contribution in [0.1, 0.15) is 45.4 Å². The van der Waals surface area contributed by atoms with E-state index in [0.29, 0.717) is 13.1 Å². The van der Waals surface area contributed by atoms with Crippen LogP contribution in [0.4, 0.5) is 0 Å². The number of carbonyl (C=O) groups excluding carboxylic acids is 1. The number of rotatable bonds is 7. The zero-order valence-corrected chi connectivity index (χ0v) is 11.1. The second kappa shape index (κ2) is 7.67. The molecule has 0 aliphatic carbocycles. The first-order valence-corrected chi connectivity index (χ1v) is 6.83. The summed E-state index contributed by atoms with van der Waals surface area (Å²) in [6.45, 7) is 3.39. The van der Waals surface area contributed by atoms with Gasteiger partial charge in [0, 0.05) is 13.1 Å². The van der Waals surface area contributed by atoms with Crippen LogP contribution >= 0.6 is 0 Å². The van der Waals surface area contributed by atoms with Crippen LogP contribution in [0.3, 0.4) is 0 Å². The number of β-amino-alcohol motifs (C(OH)–C–C–N with tert-alkyl or cyclic N) is 1. The van der Waals surface area contributed by atoms with Crippen molar-refractivity contribution >= 4 is 5.91 Å². The monoisotopic (exact) mass is 242 g/mol. The Labute approximate surface area is 104 Å². The average Bonchev–Trinajstić information content (AvgIpc) is 2.75. The molecule has 100 valence electrons. The smallest absolute Gasteiger partial charge is 0.239 e. The maximum absolute atomic E-state index is 12.1. The Balaban J connectivity index is 2.30. The zero-order chi connectivity index (χ0) is 12.7. The van der Waals surface area contributed by atoms with Crippen molar-refractivity contribution in [3.63, 3.8) is 0 Å².